The number of carbonyl (C=O) groups is 2. The highest BCUT2D eigenvalue weighted by Gasteiger charge is 2.61. The van der Waals surface area contributed by atoms with Gasteiger partial charge in [0, 0.05) is 34.8 Å². The zero-order valence-corrected chi connectivity index (χ0v) is 29.4. The maximum atomic E-state index is 14.1. The Morgan fingerprint density at radius 3 is 2.66 bits per heavy atom. The van der Waals surface area contributed by atoms with E-state index in [0.29, 0.717) is 34.0 Å². The lowest BCUT2D eigenvalue weighted by Gasteiger charge is -2.29. The molecule has 3 aliphatic rings. The van der Waals surface area contributed by atoms with Crippen molar-refractivity contribution in [2.45, 2.75) is 63.9 Å². The number of aromatic nitrogens is 3. The summed E-state index contributed by atoms with van der Waals surface area (Å²) in [5.41, 5.74) is 3.86. The molecule has 0 aliphatic carbocycles. The molecule has 3 unspecified atom stereocenters. The van der Waals surface area contributed by atoms with E-state index in [1.54, 1.807) is 38.4 Å². The van der Waals surface area contributed by atoms with Gasteiger partial charge in [-0.3, -0.25) is 9.59 Å². The van der Waals surface area contributed by atoms with E-state index in [1.807, 2.05) is 62.4 Å². The molecule has 9 rings (SSSR count). The quantitative estimate of drug-likeness (QED) is 0.128. The van der Waals surface area contributed by atoms with E-state index < -0.39 is 41.6 Å². The second-order valence-electron chi connectivity index (χ2n) is 14.7. The Hall–Kier alpha value is -6.08. The molecule has 13 heteroatoms. The molecule has 5 atom stereocenters. The number of amides is 2. The number of aromatic amines is 1. The van der Waals surface area contributed by atoms with Gasteiger partial charge < -0.3 is 44.7 Å². The van der Waals surface area contributed by atoms with Crippen molar-refractivity contribution in [2.24, 2.45) is 11.8 Å². The number of benzene rings is 3. The van der Waals surface area contributed by atoms with Crippen LogP contribution in [0.5, 0.6) is 11.5 Å². The summed E-state index contributed by atoms with van der Waals surface area (Å²) in [7, 11) is 0. The van der Waals surface area contributed by atoms with Crippen LogP contribution in [-0.4, -0.2) is 55.4 Å². The standard InChI is InChI=1S/C40H38N6O7/c1-18(2)30-38-46-32(37-42-17-29(51-37)22-16-41-31-21(22)8-7-11-27(31)47)34(53-38)40-23-9-5-6-10-25(23)44-39(40)52-28-13-12-20(14-24(28)40)15-26(35(49)45-30)43-36(50)33(48)19(3)4/h5-14,16-19,26,30,33,39,41,44,47-48H,15H2,1-4H3,(H,43,50)(H,45,49)/t26?,30-,33-,39?,40?/m0/s1. The number of hydrogen-bond acceptors (Lipinski definition) is 10. The summed E-state index contributed by atoms with van der Waals surface area (Å²) in [5, 5.41) is 31.2. The Morgan fingerprint density at radius 2 is 1.85 bits per heavy atom. The number of aromatic hydroxyl groups is 1. The van der Waals surface area contributed by atoms with Gasteiger partial charge in [-0.15, -0.1) is 0 Å². The predicted molar refractivity (Wildman–Crippen MR) is 194 cm³/mol. The molecule has 4 bridgehead atoms. The second kappa shape index (κ2) is 12.0. The number of aliphatic hydroxyl groups is 1. The van der Waals surface area contributed by atoms with Crippen molar-refractivity contribution in [3.05, 3.63) is 101 Å². The number of carbonyl (C=O) groups excluding carboxylic acids is 2. The van der Waals surface area contributed by atoms with Crippen LogP contribution >= 0.6 is 0 Å². The van der Waals surface area contributed by atoms with Crippen LogP contribution in [0.3, 0.4) is 0 Å². The molecule has 3 aromatic heterocycles. The van der Waals surface area contributed by atoms with Crippen molar-refractivity contribution in [3.63, 3.8) is 0 Å². The second-order valence-corrected chi connectivity index (χ2v) is 14.7. The molecule has 6 aromatic rings. The third-order valence-electron chi connectivity index (χ3n) is 10.6. The number of oxazole rings is 2. The summed E-state index contributed by atoms with van der Waals surface area (Å²) in [6.07, 6.45) is 1.59. The monoisotopic (exact) mass is 714 g/mol. The summed E-state index contributed by atoms with van der Waals surface area (Å²) >= 11 is 0. The minimum Gasteiger partial charge on any atom is -0.506 e. The lowest BCUT2D eigenvalue weighted by atomic mass is 9.72. The third-order valence-corrected chi connectivity index (χ3v) is 10.6. The third kappa shape index (κ3) is 4.94. The fraction of sp³-hybridized carbons (Fsp3) is 0.300. The van der Waals surface area contributed by atoms with Crippen LogP contribution in [0, 0.1) is 11.8 Å². The minimum absolute atomic E-state index is 0.116. The van der Waals surface area contributed by atoms with Crippen LogP contribution < -0.4 is 20.7 Å². The molecule has 13 nitrogen and oxygen atoms in total. The molecule has 270 valence electrons. The Balaban J connectivity index is 1.26. The van der Waals surface area contributed by atoms with E-state index in [1.165, 1.54) is 0 Å². The van der Waals surface area contributed by atoms with Crippen LogP contribution in [-0.2, 0) is 21.4 Å². The number of rotatable bonds is 6. The fourth-order valence-electron chi connectivity index (χ4n) is 7.86. The number of ether oxygens (including phenoxy) is 1. The molecule has 6 heterocycles. The molecule has 0 saturated heterocycles. The highest BCUT2D eigenvalue weighted by Crippen LogP contribution is 2.59. The van der Waals surface area contributed by atoms with Crippen molar-refractivity contribution in [2.75, 3.05) is 5.32 Å². The largest absolute Gasteiger partial charge is 0.506 e. The van der Waals surface area contributed by atoms with E-state index in [2.05, 4.69) is 20.9 Å². The molecule has 1 spiro atoms. The first-order valence-corrected chi connectivity index (χ1v) is 17.8. The van der Waals surface area contributed by atoms with Gasteiger partial charge in [0.25, 0.3) is 0 Å². The zero-order valence-electron chi connectivity index (χ0n) is 29.4. The van der Waals surface area contributed by atoms with Gasteiger partial charge in [-0.05, 0) is 41.2 Å². The molecule has 6 N–H and O–H groups in total. The number of hydrogen-bond donors (Lipinski definition) is 6. The van der Waals surface area contributed by atoms with Gasteiger partial charge in [-0.1, -0.05) is 70.2 Å². The normalized spacial score (nSPS) is 22.0. The molecule has 3 aromatic carbocycles. The molecule has 2 amide bonds. The van der Waals surface area contributed by atoms with Gasteiger partial charge >= 0.3 is 0 Å². The van der Waals surface area contributed by atoms with Gasteiger partial charge in [0.05, 0.1) is 11.7 Å². The number of aliphatic hydroxyl groups excluding tert-OH is 1. The number of phenols is 1. The minimum atomic E-state index is -1.29. The summed E-state index contributed by atoms with van der Waals surface area (Å²) in [6.45, 7) is 7.37. The number of anilines is 1. The first kappa shape index (κ1) is 32.8. The SMILES string of the molecule is CC(C)[C@H](O)C(=O)NC1Cc2ccc3c(c2)C2(c4ccccc4NC2O3)c2oc(nc2-c2ncc(-c3c[nH]c4c(O)cccc34)o2)[C@H](C(C)C)NC1=O. The fourth-order valence-corrected chi connectivity index (χ4v) is 7.86. The molecule has 3 aliphatic heterocycles. The highest BCUT2D eigenvalue weighted by atomic mass is 16.5. The van der Waals surface area contributed by atoms with Crippen molar-refractivity contribution >= 4 is 28.4 Å². The number of nitrogens with one attached hydrogen (secondary N) is 4. The topological polar surface area (TPSA) is 188 Å². The van der Waals surface area contributed by atoms with Gasteiger partial charge in [-0.2, -0.15) is 0 Å². The van der Waals surface area contributed by atoms with E-state index in [9.17, 15) is 19.8 Å². The summed E-state index contributed by atoms with van der Waals surface area (Å²) in [4.78, 5) is 40.2. The lowest BCUT2D eigenvalue weighted by molar-refractivity contribution is -0.135. The molecular weight excluding hydrogens is 676 g/mol. The summed E-state index contributed by atoms with van der Waals surface area (Å²) in [6, 6.07) is 17.2. The van der Waals surface area contributed by atoms with Crippen molar-refractivity contribution < 1.29 is 33.4 Å². The highest BCUT2D eigenvalue weighted by molar-refractivity contribution is 5.97. The van der Waals surface area contributed by atoms with Gasteiger partial charge in [-0.25, -0.2) is 9.97 Å². The number of nitrogens with zero attached hydrogens (tertiary/aromatic N) is 2. The maximum Gasteiger partial charge on any atom is 0.249 e. The molecule has 0 radical (unpaired) electrons. The average molecular weight is 715 g/mol. The van der Waals surface area contributed by atoms with Crippen LogP contribution in [0.2, 0.25) is 0 Å². The van der Waals surface area contributed by atoms with E-state index in [-0.39, 0.29) is 35.8 Å². The molecule has 53 heavy (non-hydrogen) atoms. The van der Waals surface area contributed by atoms with Gasteiger partial charge in [0.2, 0.25) is 23.6 Å². The van der Waals surface area contributed by atoms with Gasteiger partial charge in [0.15, 0.2) is 23.4 Å². The number of fused-ring (bicyclic) bond motifs is 5. The number of phenolic OH excluding ortho intramolecular Hbond substituents is 1. The number of H-pyrrole nitrogens is 1. The average Bonchev–Trinajstić information content (AvgIpc) is 3.96. The van der Waals surface area contributed by atoms with Crippen LogP contribution in [0.1, 0.15) is 62.1 Å². The van der Waals surface area contributed by atoms with Crippen molar-refractivity contribution in [3.8, 4) is 34.4 Å². The van der Waals surface area contributed by atoms with Crippen molar-refractivity contribution in [1.29, 1.82) is 0 Å². The van der Waals surface area contributed by atoms with E-state index >= 15 is 0 Å². The summed E-state index contributed by atoms with van der Waals surface area (Å²) in [5.74, 6) is 0.407. The molecule has 0 saturated carbocycles. The molecule has 0 fully saturated rings. The van der Waals surface area contributed by atoms with Crippen LogP contribution in [0.25, 0.3) is 33.8 Å². The Morgan fingerprint density at radius 1 is 1.02 bits per heavy atom. The first-order chi connectivity index (χ1) is 25.5. The Bertz CT molecular complexity index is 2430. The Kier molecular flexibility index (Phi) is 7.42. The van der Waals surface area contributed by atoms with Crippen LogP contribution in [0.4, 0.5) is 5.69 Å². The lowest BCUT2D eigenvalue weighted by Crippen LogP contribution is -2.52. The smallest absolute Gasteiger partial charge is 0.249 e. The van der Waals surface area contributed by atoms with Crippen molar-refractivity contribution in [1.82, 2.24) is 25.6 Å². The van der Waals surface area contributed by atoms with Crippen LogP contribution in [0.15, 0.2) is 81.9 Å². The Labute approximate surface area is 303 Å². The first-order valence-electron chi connectivity index (χ1n) is 17.8. The number of para-hydroxylation sites is 2. The summed E-state index contributed by atoms with van der Waals surface area (Å²) < 4.78 is 20.1. The van der Waals surface area contributed by atoms with E-state index in [0.717, 1.165) is 27.8 Å². The van der Waals surface area contributed by atoms with E-state index in [4.69, 9.17) is 23.5 Å². The molecular formula is C40H38N6O7. The maximum absolute atomic E-state index is 14.1. The zero-order chi connectivity index (χ0) is 36.8. The van der Waals surface area contributed by atoms with Gasteiger partial charge in [0.1, 0.15) is 35.1 Å². The predicted octanol–water partition coefficient (Wildman–Crippen LogP) is 5.53.